The Morgan fingerprint density at radius 3 is 2.67 bits per heavy atom. The molecule has 3 N–H and O–H groups in total. The number of furan rings is 1. The molecule has 0 radical (unpaired) electrons. The quantitative estimate of drug-likeness (QED) is 0.817. The zero-order valence-electron chi connectivity index (χ0n) is 10.1. The smallest absolute Gasteiger partial charge is 0.259 e. The second-order valence-electron chi connectivity index (χ2n) is 3.99. The molecule has 1 heterocycles. The highest BCUT2D eigenvalue weighted by molar-refractivity contribution is 6.34. The fourth-order valence-corrected chi connectivity index (χ4v) is 1.94. The molecule has 1 aromatic heterocycles. The van der Waals surface area contributed by atoms with Gasteiger partial charge in [-0.2, -0.15) is 0 Å². The predicted octanol–water partition coefficient (Wildman–Crippen LogP) is 3.38. The van der Waals surface area contributed by atoms with Crippen molar-refractivity contribution in [3.05, 3.63) is 46.4 Å². The van der Waals surface area contributed by atoms with Crippen molar-refractivity contribution in [2.24, 2.45) is 0 Å². The number of amides is 1. The molecule has 2 aromatic rings. The number of nitrogens with two attached hydrogens (primary N) is 1. The number of para-hydroxylation sites is 1. The van der Waals surface area contributed by atoms with E-state index in [0.717, 1.165) is 0 Å². The van der Waals surface area contributed by atoms with E-state index in [0.29, 0.717) is 33.5 Å². The summed E-state index contributed by atoms with van der Waals surface area (Å²) in [6.45, 7) is 3.52. The lowest BCUT2D eigenvalue weighted by Crippen LogP contribution is -2.13. The van der Waals surface area contributed by atoms with Gasteiger partial charge in [-0.25, -0.2) is 0 Å². The summed E-state index contributed by atoms with van der Waals surface area (Å²) >= 11 is 5.99. The lowest BCUT2D eigenvalue weighted by atomic mass is 10.2. The molecule has 0 aliphatic heterocycles. The highest BCUT2D eigenvalue weighted by Gasteiger charge is 2.15. The van der Waals surface area contributed by atoms with E-state index in [1.807, 2.05) is 0 Å². The maximum atomic E-state index is 12.1. The van der Waals surface area contributed by atoms with E-state index in [2.05, 4.69) is 5.32 Å². The highest BCUT2D eigenvalue weighted by Crippen LogP contribution is 2.28. The number of carbonyl (C=O) groups excluding carboxylic acids is 1. The van der Waals surface area contributed by atoms with Gasteiger partial charge in [0.1, 0.15) is 11.5 Å². The van der Waals surface area contributed by atoms with Gasteiger partial charge < -0.3 is 15.5 Å². The van der Waals surface area contributed by atoms with Crippen molar-refractivity contribution in [2.45, 2.75) is 13.8 Å². The molecule has 0 saturated carbocycles. The molecular formula is C13H13ClN2O2. The van der Waals surface area contributed by atoms with Crippen molar-refractivity contribution in [3.63, 3.8) is 0 Å². The fraction of sp³-hybridized carbons (Fsp3) is 0.154. The van der Waals surface area contributed by atoms with Crippen molar-refractivity contribution in [1.29, 1.82) is 0 Å². The molecule has 0 spiro atoms. The summed E-state index contributed by atoms with van der Waals surface area (Å²) < 4.78 is 5.31. The first kappa shape index (κ1) is 12.5. The predicted molar refractivity (Wildman–Crippen MR) is 72.0 cm³/mol. The third-order valence-electron chi connectivity index (χ3n) is 2.57. The average Bonchev–Trinajstić information content (AvgIpc) is 2.63. The number of aryl methyl sites for hydroxylation is 2. The maximum absolute atomic E-state index is 12.1. The van der Waals surface area contributed by atoms with Crippen molar-refractivity contribution >= 4 is 28.9 Å². The molecular weight excluding hydrogens is 252 g/mol. The molecule has 1 aromatic carbocycles. The molecule has 94 valence electrons. The van der Waals surface area contributed by atoms with Crippen LogP contribution in [-0.4, -0.2) is 5.91 Å². The summed E-state index contributed by atoms with van der Waals surface area (Å²) in [6.07, 6.45) is 0. The number of hydrogen-bond acceptors (Lipinski definition) is 3. The van der Waals surface area contributed by atoms with Crippen molar-refractivity contribution < 1.29 is 9.21 Å². The van der Waals surface area contributed by atoms with Crippen LogP contribution in [0.4, 0.5) is 11.4 Å². The van der Waals surface area contributed by atoms with Crippen LogP contribution in [0.2, 0.25) is 5.02 Å². The number of anilines is 2. The van der Waals surface area contributed by atoms with Gasteiger partial charge in [-0.3, -0.25) is 4.79 Å². The Morgan fingerprint density at radius 2 is 2.11 bits per heavy atom. The van der Waals surface area contributed by atoms with Crippen LogP contribution in [0.25, 0.3) is 0 Å². The molecule has 4 nitrogen and oxygen atoms in total. The summed E-state index contributed by atoms with van der Waals surface area (Å²) in [7, 11) is 0. The summed E-state index contributed by atoms with van der Waals surface area (Å²) in [4.78, 5) is 12.1. The summed E-state index contributed by atoms with van der Waals surface area (Å²) in [6, 6.07) is 6.74. The first-order chi connectivity index (χ1) is 8.49. The molecule has 5 heteroatoms. The molecule has 0 saturated heterocycles. The van der Waals surface area contributed by atoms with Gasteiger partial charge in [-0.05, 0) is 32.0 Å². The number of benzene rings is 1. The average molecular weight is 265 g/mol. The minimum atomic E-state index is -0.288. The molecule has 0 aliphatic rings. The number of hydrogen-bond donors (Lipinski definition) is 2. The van der Waals surface area contributed by atoms with Gasteiger partial charge in [0.25, 0.3) is 5.91 Å². The highest BCUT2D eigenvalue weighted by atomic mass is 35.5. The lowest BCUT2D eigenvalue weighted by molar-refractivity contribution is 0.102. The number of nitrogen functional groups attached to an aromatic ring is 1. The largest absolute Gasteiger partial charge is 0.466 e. The van der Waals surface area contributed by atoms with E-state index < -0.39 is 0 Å². The van der Waals surface area contributed by atoms with Crippen LogP contribution in [0.1, 0.15) is 21.9 Å². The summed E-state index contributed by atoms with van der Waals surface area (Å²) in [5.74, 6) is 0.963. The number of rotatable bonds is 2. The molecule has 0 fully saturated rings. The molecule has 0 atom stereocenters. The van der Waals surface area contributed by atoms with Crippen LogP contribution in [-0.2, 0) is 0 Å². The maximum Gasteiger partial charge on any atom is 0.259 e. The normalized spacial score (nSPS) is 10.4. The molecule has 1 amide bonds. The molecule has 0 aliphatic carbocycles. The van der Waals surface area contributed by atoms with E-state index in [-0.39, 0.29) is 5.91 Å². The van der Waals surface area contributed by atoms with Gasteiger partial charge in [0.05, 0.1) is 22.0 Å². The van der Waals surface area contributed by atoms with Crippen molar-refractivity contribution in [1.82, 2.24) is 0 Å². The number of halogens is 1. The molecule has 0 bridgehead atoms. The lowest BCUT2D eigenvalue weighted by Gasteiger charge is -2.09. The molecule has 0 unspecified atom stereocenters. The zero-order chi connectivity index (χ0) is 13.3. The summed E-state index contributed by atoms with van der Waals surface area (Å²) in [5.41, 5.74) is 7.09. The van der Waals surface area contributed by atoms with Crippen LogP contribution in [0.15, 0.2) is 28.7 Å². The third-order valence-corrected chi connectivity index (χ3v) is 2.88. The first-order valence-corrected chi connectivity index (χ1v) is 5.79. The second-order valence-corrected chi connectivity index (χ2v) is 4.39. The van der Waals surface area contributed by atoms with Gasteiger partial charge >= 0.3 is 0 Å². The van der Waals surface area contributed by atoms with Crippen LogP contribution < -0.4 is 11.1 Å². The Morgan fingerprint density at radius 1 is 1.39 bits per heavy atom. The number of nitrogens with one attached hydrogen (secondary N) is 1. The Bertz CT molecular complexity index is 585. The van der Waals surface area contributed by atoms with Crippen LogP contribution in [0, 0.1) is 13.8 Å². The Labute approximate surface area is 110 Å². The van der Waals surface area contributed by atoms with Crippen LogP contribution >= 0.6 is 11.6 Å². The van der Waals surface area contributed by atoms with Crippen LogP contribution in [0.3, 0.4) is 0 Å². The number of carbonyl (C=O) groups is 1. The van der Waals surface area contributed by atoms with Gasteiger partial charge in [0.2, 0.25) is 0 Å². The van der Waals surface area contributed by atoms with Crippen molar-refractivity contribution in [2.75, 3.05) is 11.1 Å². The Balaban J connectivity index is 2.30. The third kappa shape index (κ3) is 2.33. The van der Waals surface area contributed by atoms with E-state index in [1.165, 1.54) is 0 Å². The van der Waals surface area contributed by atoms with E-state index in [4.69, 9.17) is 21.8 Å². The second kappa shape index (κ2) is 4.74. The minimum absolute atomic E-state index is 0.288. The Kier molecular flexibility index (Phi) is 3.30. The minimum Gasteiger partial charge on any atom is -0.466 e. The molecule has 18 heavy (non-hydrogen) atoms. The standard InChI is InChI=1S/C13H13ClN2O2/c1-7-6-9(8(2)18-7)13(17)16-12-10(14)4-3-5-11(12)15/h3-6H,15H2,1-2H3,(H,16,17). The SMILES string of the molecule is Cc1cc(C(=O)Nc2c(N)cccc2Cl)c(C)o1. The van der Waals surface area contributed by atoms with E-state index in [1.54, 1.807) is 38.1 Å². The van der Waals surface area contributed by atoms with Gasteiger partial charge in [0.15, 0.2) is 0 Å². The van der Waals surface area contributed by atoms with E-state index >= 15 is 0 Å². The summed E-state index contributed by atoms with van der Waals surface area (Å²) in [5, 5.41) is 3.10. The van der Waals surface area contributed by atoms with Gasteiger partial charge in [-0.15, -0.1) is 0 Å². The van der Waals surface area contributed by atoms with Gasteiger partial charge in [-0.1, -0.05) is 17.7 Å². The topological polar surface area (TPSA) is 68.3 Å². The van der Waals surface area contributed by atoms with Crippen molar-refractivity contribution in [3.8, 4) is 0 Å². The zero-order valence-corrected chi connectivity index (χ0v) is 10.8. The van der Waals surface area contributed by atoms with E-state index in [9.17, 15) is 4.79 Å². The Hall–Kier alpha value is -1.94. The fourth-order valence-electron chi connectivity index (χ4n) is 1.71. The molecule has 2 rings (SSSR count). The van der Waals surface area contributed by atoms with Gasteiger partial charge in [0, 0.05) is 0 Å². The monoisotopic (exact) mass is 264 g/mol. The van der Waals surface area contributed by atoms with Crippen LogP contribution in [0.5, 0.6) is 0 Å². The first-order valence-electron chi connectivity index (χ1n) is 5.41.